The number of pyridine rings is 1. The molecule has 4 rings (SSSR count). The van der Waals surface area contributed by atoms with E-state index < -0.39 is 0 Å². The fourth-order valence-corrected chi connectivity index (χ4v) is 3.97. The second-order valence-corrected chi connectivity index (χ2v) is 8.82. The van der Waals surface area contributed by atoms with Gasteiger partial charge in [0.2, 0.25) is 0 Å². The molecule has 6 nitrogen and oxygen atoms in total. The molecule has 2 fully saturated rings. The number of hydrogen-bond acceptors (Lipinski definition) is 5. The number of benzene rings is 1. The van der Waals surface area contributed by atoms with Crippen molar-refractivity contribution >= 4 is 5.69 Å². The standard InChI is InChI=1S/C23H30N2O4/c1-17-10-20(29-14-21-13-27-8-9-28-21)11-22(26)25(17)12-18-4-6-19(7-5-18)24-15-23(2,3)16-24/h4-7,10-11,21H,8-9,12-16H2,1-3H3/t21-/m1/s1. The Labute approximate surface area is 172 Å². The smallest absolute Gasteiger partial charge is 0.254 e. The van der Waals surface area contributed by atoms with Crippen LogP contribution in [-0.4, -0.2) is 50.2 Å². The molecule has 0 bridgehead atoms. The molecule has 2 saturated heterocycles. The lowest BCUT2D eigenvalue weighted by Gasteiger charge is -2.47. The highest BCUT2D eigenvalue weighted by Crippen LogP contribution is 2.33. The van der Waals surface area contributed by atoms with Gasteiger partial charge in [-0.25, -0.2) is 0 Å². The number of hydrogen-bond donors (Lipinski definition) is 0. The molecule has 0 radical (unpaired) electrons. The monoisotopic (exact) mass is 398 g/mol. The van der Waals surface area contributed by atoms with Gasteiger partial charge in [-0.15, -0.1) is 0 Å². The average Bonchev–Trinajstić information content (AvgIpc) is 2.68. The maximum atomic E-state index is 12.6. The van der Waals surface area contributed by atoms with Crippen LogP contribution >= 0.6 is 0 Å². The van der Waals surface area contributed by atoms with Crippen molar-refractivity contribution in [3.05, 3.63) is 58.0 Å². The van der Waals surface area contributed by atoms with Crippen molar-refractivity contribution in [1.29, 1.82) is 0 Å². The molecule has 0 spiro atoms. The van der Waals surface area contributed by atoms with Crippen LogP contribution in [0.2, 0.25) is 0 Å². The first-order chi connectivity index (χ1) is 13.9. The van der Waals surface area contributed by atoms with Gasteiger partial charge in [0.15, 0.2) is 0 Å². The summed E-state index contributed by atoms with van der Waals surface area (Å²) < 4.78 is 18.5. The van der Waals surface area contributed by atoms with Gasteiger partial charge in [0.05, 0.1) is 26.4 Å². The Bertz CT molecular complexity index is 890. The first-order valence-corrected chi connectivity index (χ1v) is 10.3. The number of ether oxygens (including phenoxy) is 3. The van der Waals surface area contributed by atoms with E-state index in [-0.39, 0.29) is 11.7 Å². The van der Waals surface area contributed by atoms with E-state index in [1.807, 2.05) is 13.0 Å². The van der Waals surface area contributed by atoms with Gasteiger partial charge >= 0.3 is 0 Å². The van der Waals surface area contributed by atoms with E-state index in [1.165, 1.54) is 5.69 Å². The van der Waals surface area contributed by atoms with Gasteiger partial charge < -0.3 is 23.7 Å². The van der Waals surface area contributed by atoms with Gasteiger partial charge in [0.1, 0.15) is 18.5 Å². The Morgan fingerprint density at radius 3 is 2.52 bits per heavy atom. The van der Waals surface area contributed by atoms with Crippen LogP contribution in [0.3, 0.4) is 0 Å². The minimum atomic E-state index is -0.0815. The number of rotatable bonds is 6. The summed E-state index contributed by atoms with van der Waals surface area (Å²) in [6.07, 6.45) is -0.0815. The molecule has 0 saturated carbocycles. The molecule has 0 aliphatic carbocycles. The van der Waals surface area contributed by atoms with Crippen LogP contribution < -0.4 is 15.2 Å². The Balaban J connectivity index is 1.39. The lowest BCUT2D eigenvalue weighted by molar-refractivity contribution is -0.101. The maximum Gasteiger partial charge on any atom is 0.254 e. The topological polar surface area (TPSA) is 52.9 Å². The highest BCUT2D eigenvalue weighted by molar-refractivity contribution is 5.50. The predicted molar refractivity (Wildman–Crippen MR) is 113 cm³/mol. The van der Waals surface area contributed by atoms with Crippen molar-refractivity contribution in [3.63, 3.8) is 0 Å². The van der Waals surface area contributed by atoms with E-state index in [0.29, 0.717) is 44.1 Å². The van der Waals surface area contributed by atoms with Crippen molar-refractivity contribution < 1.29 is 14.2 Å². The number of aryl methyl sites for hydroxylation is 1. The molecule has 3 heterocycles. The zero-order valence-corrected chi connectivity index (χ0v) is 17.5. The second kappa shape index (κ2) is 8.20. The van der Waals surface area contributed by atoms with Crippen molar-refractivity contribution in [3.8, 4) is 5.75 Å². The van der Waals surface area contributed by atoms with E-state index in [2.05, 4.69) is 43.0 Å². The summed E-state index contributed by atoms with van der Waals surface area (Å²) in [6, 6.07) is 12.0. The summed E-state index contributed by atoms with van der Waals surface area (Å²) in [5, 5.41) is 0. The quantitative estimate of drug-likeness (QED) is 0.749. The van der Waals surface area contributed by atoms with Crippen molar-refractivity contribution in [2.24, 2.45) is 5.41 Å². The zero-order chi connectivity index (χ0) is 20.4. The first kappa shape index (κ1) is 20.0. The van der Waals surface area contributed by atoms with Crippen molar-refractivity contribution in [1.82, 2.24) is 4.57 Å². The van der Waals surface area contributed by atoms with Gasteiger partial charge in [-0.3, -0.25) is 4.79 Å². The Hall–Kier alpha value is -2.31. The number of aromatic nitrogens is 1. The van der Waals surface area contributed by atoms with Gasteiger partial charge in [-0.2, -0.15) is 0 Å². The molecule has 0 amide bonds. The van der Waals surface area contributed by atoms with Gasteiger partial charge in [0.25, 0.3) is 5.56 Å². The fourth-order valence-electron chi connectivity index (χ4n) is 3.97. The van der Waals surface area contributed by atoms with Crippen LogP contribution in [0.4, 0.5) is 5.69 Å². The Morgan fingerprint density at radius 2 is 1.90 bits per heavy atom. The highest BCUT2D eigenvalue weighted by Gasteiger charge is 2.33. The molecule has 2 aromatic rings. The summed E-state index contributed by atoms with van der Waals surface area (Å²) >= 11 is 0. The van der Waals surface area contributed by atoms with Crippen LogP contribution in [0.1, 0.15) is 25.1 Å². The Morgan fingerprint density at radius 1 is 1.14 bits per heavy atom. The van der Waals surface area contributed by atoms with Gasteiger partial charge in [-0.1, -0.05) is 26.0 Å². The van der Waals surface area contributed by atoms with Crippen molar-refractivity contribution in [2.45, 2.75) is 33.4 Å². The lowest BCUT2D eigenvalue weighted by atomic mass is 9.84. The molecule has 2 aliphatic rings. The summed E-state index contributed by atoms with van der Waals surface area (Å²) in [6.45, 7) is 11.4. The molecule has 29 heavy (non-hydrogen) atoms. The fraction of sp³-hybridized carbons (Fsp3) is 0.522. The third-order valence-corrected chi connectivity index (χ3v) is 5.51. The normalized spacial score (nSPS) is 20.9. The minimum absolute atomic E-state index is 0.0608. The van der Waals surface area contributed by atoms with Crippen LogP contribution in [0.25, 0.3) is 0 Å². The van der Waals surface area contributed by atoms with Crippen LogP contribution in [0.5, 0.6) is 5.75 Å². The minimum Gasteiger partial charge on any atom is -0.491 e. The maximum absolute atomic E-state index is 12.6. The zero-order valence-electron chi connectivity index (χ0n) is 17.5. The summed E-state index contributed by atoms with van der Waals surface area (Å²) in [7, 11) is 0. The first-order valence-electron chi connectivity index (χ1n) is 10.3. The van der Waals surface area contributed by atoms with Crippen LogP contribution in [-0.2, 0) is 16.0 Å². The van der Waals surface area contributed by atoms with E-state index in [4.69, 9.17) is 14.2 Å². The van der Waals surface area contributed by atoms with Crippen LogP contribution in [0, 0.1) is 12.3 Å². The third kappa shape index (κ3) is 4.82. The molecule has 1 atom stereocenters. The van der Waals surface area contributed by atoms with Gasteiger partial charge in [0, 0.05) is 30.5 Å². The average molecular weight is 399 g/mol. The molecular weight excluding hydrogens is 368 g/mol. The molecule has 1 aromatic heterocycles. The summed E-state index contributed by atoms with van der Waals surface area (Å²) in [5.74, 6) is 0.577. The lowest BCUT2D eigenvalue weighted by Crippen LogP contribution is -2.53. The molecule has 1 aromatic carbocycles. The molecule has 2 aliphatic heterocycles. The van der Waals surface area contributed by atoms with E-state index in [0.717, 1.165) is 24.3 Å². The van der Waals surface area contributed by atoms with Crippen LogP contribution in [0.15, 0.2) is 41.2 Å². The number of anilines is 1. The summed E-state index contributed by atoms with van der Waals surface area (Å²) in [4.78, 5) is 15.0. The molecule has 156 valence electrons. The highest BCUT2D eigenvalue weighted by atomic mass is 16.6. The molecule has 6 heteroatoms. The second-order valence-electron chi connectivity index (χ2n) is 8.82. The van der Waals surface area contributed by atoms with E-state index in [1.54, 1.807) is 10.6 Å². The van der Waals surface area contributed by atoms with Gasteiger partial charge in [-0.05, 0) is 36.1 Å². The Kier molecular flexibility index (Phi) is 5.65. The largest absolute Gasteiger partial charge is 0.491 e. The molecule has 0 unspecified atom stereocenters. The van der Waals surface area contributed by atoms with Crippen molar-refractivity contribution in [2.75, 3.05) is 44.4 Å². The number of nitrogens with zero attached hydrogens (tertiary/aromatic N) is 2. The molecule has 0 N–H and O–H groups in total. The SMILES string of the molecule is Cc1cc(OC[C@H]2COCCO2)cc(=O)n1Cc1ccc(N2CC(C)(C)C2)cc1. The van der Waals surface area contributed by atoms with E-state index >= 15 is 0 Å². The predicted octanol–water partition coefficient (Wildman–Crippen LogP) is 2.85. The summed E-state index contributed by atoms with van der Waals surface area (Å²) in [5.41, 5.74) is 3.58. The third-order valence-electron chi connectivity index (χ3n) is 5.51. The molecular formula is C23H30N2O4. The van der Waals surface area contributed by atoms with E-state index in [9.17, 15) is 4.79 Å².